The van der Waals surface area contributed by atoms with Crippen molar-refractivity contribution >= 4 is 17.9 Å². The lowest BCUT2D eigenvalue weighted by Crippen LogP contribution is -2.05. The van der Waals surface area contributed by atoms with Crippen LogP contribution in [0, 0.1) is 5.92 Å². The summed E-state index contributed by atoms with van der Waals surface area (Å²) in [6.07, 6.45) is 1.66. The monoisotopic (exact) mass is 381 g/mol. The first-order chi connectivity index (χ1) is 13.5. The lowest BCUT2D eigenvalue weighted by molar-refractivity contribution is -0.129. The van der Waals surface area contributed by atoms with Crippen LogP contribution in [0.4, 0.5) is 0 Å². The van der Waals surface area contributed by atoms with Crippen LogP contribution in [-0.2, 0) is 9.53 Å². The Morgan fingerprint density at radius 2 is 1.79 bits per heavy atom. The van der Waals surface area contributed by atoms with E-state index in [0.717, 1.165) is 11.3 Å². The van der Waals surface area contributed by atoms with Crippen LogP contribution in [-0.4, -0.2) is 32.7 Å². The number of esters is 1. The molecule has 0 spiro atoms. The Hall–Kier alpha value is -3.28. The predicted molar refractivity (Wildman–Crippen MR) is 107 cm³/mol. The van der Waals surface area contributed by atoms with Gasteiger partial charge >= 0.3 is 5.97 Å². The smallest absolute Gasteiger partial charge is 0.363 e. The van der Waals surface area contributed by atoms with Crippen molar-refractivity contribution in [2.24, 2.45) is 10.9 Å². The Morgan fingerprint density at radius 1 is 1.04 bits per heavy atom. The first-order valence-corrected chi connectivity index (χ1v) is 8.98. The number of carbonyl (C=O) groups excluding carboxylic acids is 1. The van der Waals surface area contributed by atoms with Gasteiger partial charge in [-0.2, -0.15) is 0 Å². The van der Waals surface area contributed by atoms with Crippen LogP contribution in [0.5, 0.6) is 17.2 Å². The molecule has 0 aromatic heterocycles. The summed E-state index contributed by atoms with van der Waals surface area (Å²) in [7, 11) is 3.18. The van der Waals surface area contributed by atoms with Crippen molar-refractivity contribution in [1.29, 1.82) is 0 Å². The molecule has 28 heavy (non-hydrogen) atoms. The van der Waals surface area contributed by atoms with Crippen molar-refractivity contribution in [2.45, 2.75) is 13.8 Å². The van der Waals surface area contributed by atoms with Crippen LogP contribution < -0.4 is 14.2 Å². The van der Waals surface area contributed by atoms with Gasteiger partial charge < -0.3 is 18.9 Å². The van der Waals surface area contributed by atoms with Crippen LogP contribution >= 0.6 is 0 Å². The normalized spacial score (nSPS) is 14.8. The molecule has 3 rings (SSSR count). The zero-order chi connectivity index (χ0) is 20.1. The standard InChI is InChI=1S/C22H23NO5/c1-14(2)13-27-19-10-5-15(12-20(19)26-4)11-18-22(24)28-21(23-18)16-6-8-17(25-3)9-7-16/h5-12,14H,13H2,1-4H3/b18-11-. The Labute approximate surface area is 164 Å². The fourth-order valence-corrected chi connectivity index (χ4v) is 2.57. The molecule has 0 radical (unpaired) electrons. The van der Waals surface area contributed by atoms with Gasteiger partial charge in [0, 0.05) is 5.56 Å². The summed E-state index contributed by atoms with van der Waals surface area (Å²) < 4.78 is 21.6. The molecule has 0 aliphatic carbocycles. The minimum absolute atomic E-state index is 0.226. The molecule has 0 saturated carbocycles. The molecule has 2 aromatic carbocycles. The van der Waals surface area contributed by atoms with Crippen LogP contribution in [0.1, 0.15) is 25.0 Å². The van der Waals surface area contributed by atoms with Gasteiger partial charge in [-0.1, -0.05) is 19.9 Å². The number of methoxy groups -OCH3 is 2. The van der Waals surface area contributed by atoms with Crippen LogP contribution in [0.2, 0.25) is 0 Å². The second-order valence-corrected chi connectivity index (χ2v) is 6.68. The van der Waals surface area contributed by atoms with Gasteiger partial charge in [-0.25, -0.2) is 9.79 Å². The number of rotatable bonds is 7. The summed E-state index contributed by atoms with van der Waals surface area (Å²) in [4.78, 5) is 16.5. The Kier molecular flexibility index (Phi) is 5.99. The van der Waals surface area contributed by atoms with Gasteiger partial charge in [-0.05, 0) is 54.0 Å². The summed E-state index contributed by atoms with van der Waals surface area (Å²) in [5.74, 6) is 2.16. The summed E-state index contributed by atoms with van der Waals surface area (Å²) in [5.41, 5.74) is 1.69. The van der Waals surface area contributed by atoms with Gasteiger partial charge in [0.05, 0.1) is 20.8 Å². The predicted octanol–water partition coefficient (Wildman–Crippen LogP) is 4.08. The van der Waals surface area contributed by atoms with E-state index >= 15 is 0 Å². The highest BCUT2D eigenvalue weighted by atomic mass is 16.6. The van der Waals surface area contributed by atoms with Gasteiger partial charge in [0.25, 0.3) is 0 Å². The van der Waals surface area contributed by atoms with E-state index < -0.39 is 5.97 Å². The molecule has 0 unspecified atom stereocenters. The van der Waals surface area contributed by atoms with Crippen molar-refractivity contribution in [3.63, 3.8) is 0 Å². The maximum atomic E-state index is 12.2. The van der Waals surface area contributed by atoms with Gasteiger partial charge in [-0.15, -0.1) is 0 Å². The third-order valence-electron chi connectivity index (χ3n) is 4.02. The van der Waals surface area contributed by atoms with Gasteiger partial charge in [-0.3, -0.25) is 0 Å². The van der Waals surface area contributed by atoms with E-state index in [2.05, 4.69) is 18.8 Å². The second-order valence-electron chi connectivity index (χ2n) is 6.68. The Balaban J connectivity index is 1.83. The number of hydrogen-bond donors (Lipinski definition) is 0. The maximum Gasteiger partial charge on any atom is 0.363 e. The molecule has 0 amide bonds. The molecule has 6 nitrogen and oxygen atoms in total. The van der Waals surface area contributed by atoms with Crippen LogP contribution in [0.3, 0.4) is 0 Å². The molecule has 146 valence electrons. The van der Waals surface area contributed by atoms with Crippen LogP contribution in [0.15, 0.2) is 53.2 Å². The molecule has 0 fully saturated rings. The van der Waals surface area contributed by atoms with Crippen molar-refractivity contribution in [2.75, 3.05) is 20.8 Å². The topological polar surface area (TPSA) is 66.3 Å². The Bertz CT molecular complexity index is 913. The average molecular weight is 381 g/mol. The summed E-state index contributed by atoms with van der Waals surface area (Å²) >= 11 is 0. The zero-order valence-electron chi connectivity index (χ0n) is 16.4. The number of aliphatic imine (C=N–C) groups is 1. The first-order valence-electron chi connectivity index (χ1n) is 8.98. The molecule has 2 aromatic rings. The molecule has 6 heteroatoms. The van der Waals surface area contributed by atoms with E-state index in [1.165, 1.54) is 0 Å². The van der Waals surface area contributed by atoms with E-state index in [0.29, 0.717) is 29.6 Å². The highest BCUT2D eigenvalue weighted by Gasteiger charge is 2.24. The Morgan fingerprint density at radius 3 is 2.43 bits per heavy atom. The number of cyclic esters (lactones) is 1. The number of benzene rings is 2. The number of carbonyl (C=O) groups is 1. The molecule has 0 atom stereocenters. The van der Waals surface area contributed by atoms with E-state index in [9.17, 15) is 4.79 Å². The molecule has 1 heterocycles. The summed E-state index contributed by atoms with van der Waals surface area (Å²) in [6, 6.07) is 12.6. The first kappa shape index (κ1) is 19.5. The maximum absolute atomic E-state index is 12.2. The van der Waals surface area contributed by atoms with Crippen molar-refractivity contribution < 1.29 is 23.7 Å². The van der Waals surface area contributed by atoms with E-state index in [1.54, 1.807) is 50.6 Å². The van der Waals surface area contributed by atoms with E-state index in [-0.39, 0.29) is 11.6 Å². The van der Waals surface area contributed by atoms with Gasteiger partial charge in [0.2, 0.25) is 5.90 Å². The fraction of sp³-hybridized carbons (Fsp3) is 0.273. The van der Waals surface area contributed by atoms with Crippen molar-refractivity contribution in [3.05, 3.63) is 59.3 Å². The average Bonchev–Trinajstić information content (AvgIpc) is 3.07. The largest absolute Gasteiger partial charge is 0.497 e. The lowest BCUT2D eigenvalue weighted by Gasteiger charge is -2.12. The minimum Gasteiger partial charge on any atom is -0.497 e. The highest BCUT2D eigenvalue weighted by Crippen LogP contribution is 2.30. The lowest BCUT2D eigenvalue weighted by atomic mass is 10.1. The quantitative estimate of drug-likeness (QED) is 0.534. The zero-order valence-corrected chi connectivity index (χ0v) is 16.4. The van der Waals surface area contributed by atoms with Crippen molar-refractivity contribution in [3.8, 4) is 17.2 Å². The van der Waals surface area contributed by atoms with Crippen molar-refractivity contribution in [1.82, 2.24) is 0 Å². The fourth-order valence-electron chi connectivity index (χ4n) is 2.57. The molecule has 0 saturated heterocycles. The number of hydrogen-bond acceptors (Lipinski definition) is 6. The SMILES string of the molecule is COc1ccc(C2=N/C(=C\c3ccc(OCC(C)C)c(OC)c3)C(=O)O2)cc1. The summed E-state index contributed by atoms with van der Waals surface area (Å²) in [5, 5.41) is 0. The third kappa shape index (κ3) is 4.52. The van der Waals surface area contributed by atoms with Crippen LogP contribution in [0.25, 0.3) is 6.08 Å². The number of ether oxygens (including phenoxy) is 4. The second kappa shape index (κ2) is 8.61. The molecule has 0 bridgehead atoms. The number of nitrogens with zero attached hydrogens (tertiary/aromatic N) is 1. The molecule has 0 N–H and O–H groups in total. The third-order valence-corrected chi connectivity index (χ3v) is 4.02. The molecule has 1 aliphatic heterocycles. The molecule has 1 aliphatic rings. The van der Waals surface area contributed by atoms with Gasteiger partial charge in [0.15, 0.2) is 17.2 Å². The molecular formula is C22H23NO5. The van der Waals surface area contributed by atoms with E-state index in [1.807, 2.05) is 12.1 Å². The van der Waals surface area contributed by atoms with Gasteiger partial charge in [0.1, 0.15) is 5.75 Å². The summed E-state index contributed by atoms with van der Waals surface area (Å²) in [6.45, 7) is 4.75. The minimum atomic E-state index is -0.495. The molecular weight excluding hydrogens is 358 g/mol. The highest BCUT2D eigenvalue weighted by molar-refractivity contribution is 6.12. The van der Waals surface area contributed by atoms with E-state index in [4.69, 9.17) is 18.9 Å².